The van der Waals surface area contributed by atoms with Crippen molar-refractivity contribution in [1.82, 2.24) is 30.0 Å². The van der Waals surface area contributed by atoms with Crippen LogP contribution in [0.5, 0.6) is 0 Å². The molecule has 1 aliphatic heterocycles. The maximum atomic E-state index is 12.6. The maximum Gasteiger partial charge on any atom is 0.225 e. The Morgan fingerprint density at radius 2 is 1.93 bits per heavy atom. The van der Waals surface area contributed by atoms with E-state index in [9.17, 15) is 4.79 Å². The summed E-state index contributed by atoms with van der Waals surface area (Å²) in [7, 11) is 0. The van der Waals surface area contributed by atoms with Crippen LogP contribution in [-0.4, -0.2) is 43.7 Å². The Labute approximate surface area is 163 Å². The van der Waals surface area contributed by atoms with E-state index in [1.807, 2.05) is 12.1 Å². The van der Waals surface area contributed by atoms with E-state index in [1.54, 1.807) is 29.5 Å². The SMILES string of the molecule is O=C(NCc1ccc(Cn2cncn2)cc1)C1CCCN(c2ncccn2)C1. The number of amides is 1. The van der Waals surface area contributed by atoms with Gasteiger partial charge in [0.15, 0.2) is 0 Å². The van der Waals surface area contributed by atoms with Crippen molar-refractivity contribution in [3.8, 4) is 0 Å². The first-order chi connectivity index (χ1) is 13.8. The molecule has 0 bridgehead atoms. The average molecular weight is 377 g/mol. The molecule has 1 unspecified atom stereocenters. The molecular formula is C20H23N7O. The summed E-state index contributed by atoms with van der Waals surface area (Å²) in [4.78, 5) is 27.3. The second kappa shape index (κ2) is 8.60. The third-order valence-corrected chi connectivity index (χ3v) is 4.93. The molecule has 8 nitrogen and oxygen atoms in total. The van der Waals surface area contributed by atoms with E-state index in [-0.39, 0.29) is 11.8 Å². The standard InChI is InChI=1S/C20H23N7O/c28-19(18-3-1-10-26(13-18)20-22-8-2-9-23-20)24-11-16-4-6-17(7-5-16)12-27-15-21-14-25-27/h2,4-9,14-15,18H,1,3,10-13H2,(H,24,28). The van der Waals surface area contributed by atoms with Crippen molar-refractivity contribution in [1.29, 1.82) is 0 Å². The van der Waals surface area contributed by atoms with Crippen molar-refractivity contribution in [2.45, 2.75) is 25.9 Å². The van der Waals surface area contributed by atoms with E-state index >= 15 is 0 Å². The smallest absolute Gasteiger partial charge is 0.225 e. The van der Waals surface area contributed by atoms with Crippen molar-refractivity contribution in [2.24, 2.45) is 5.92 Å². The Balaban J connectivity index is 1.29. The topological polar surface area (TPSA) is 88.8 Å². The molecule has 0 saturated carbocycles. The van der Waals surface area contributed by atoms with Gasteiger partial charge in [-0.25, -0.2) is 19.6 Å². The van der Waals surface area contributed by atoms with Crippen molar-refractivity contribution in [3.63, 3.8) is 0 Å². The van der Waals surface area contributed by atoms with Crippen LogP contribution in [0.25, 0.3) is 0 Å². The lowest BCUT2D eigenvalue weighted by atomic mass is 9.97. The highest BCUT2D eigenvalue weighted by Crippen LogP contribution is 2.20. The first-order valence-electron chi connectivity index (χ1n) is 9.48. The van der Waals surface area contributed by atoms with Gasteiger partial charge in [0, 0.05) is 32.0 Å². The highest BCUT2D eigenvalue weighted by atomic mass is 16.1. The number of anilines is 1. The molecule has 0 spiro atoms. The Kier molecular flexibility index (Phi) is 5.56. The lowest BCUT2D eigenvalue weighted by Gasteiger charge is -2.31. The summed E-state index contributed by atoms with van der Waals surface area (Å²) in [6.45, 7) is 2.76. The van der Waals surface area contributed by atoms with Gasteiger partial charge in [0.1, 0.15) is 12.7 Å². The van der Waals surface area contributed by atoms with E-state index in [2.05, 4.69) is 42.4 Å². The summed E-state index contributed by atoms with van der Waals surface area (Å²) in [6, 6.07) is 9.99. The molecule has 8 heteroatoms. The van der Waals surface area contributed by atoms with Gasteiger partial charge >= 0.3 is 0 Å². The Bertz CT molecular complexity index is 881. The van der Waals surface area contributed by atoms with Gasteiger partial charge < -0.3 is 10.2 Å². The highest BCUT2D eigenvalue weighted by Gasteiger charge is 2.26. The van der Waals surface area contributed by atoms with Gasteiger partial charge in [-0.2, -0.15) is 5.10 Å². The zero-order valence-electron chi connectivity index (χ0n) is 15.6. The molecule has 3 aromatic rings. The second-order valence-corrected chi connectivity index (χ2v) is 6.96. The molecule has 1 atom stereocenters. The van der Waals surface area contributed by atoms with E-state index in [0.29, 0.717) is 25.6 Å². The molecule has 3 heterocycles. The number of benzene rings is 1. The number of hydrogen-bond acceptors (Lipinski definition) is 6. The summed E-state index contributed by atoms with van der Waals surface area (Å²) < 4.78 is 1.78. The Hall–Kier alpha value is -3.29. The monoisotopic (exact) mass is 377 g/mol. The van der Waals surface area contributed by atoms with Gasteiger partial charge in [-0.3, -0.25) is 4.79 Å². The summed E-state index contributed by atoms with van der Waals surface area (Å²) in [5.74, 6) is 0.749. The quantitative estimate of drug-likeness (QED) is 0.703. The number of carbonyl (C=O) groups excluding carboxylic acids is 1. The third kappa shape index (κ3) is 4.51. The number of nitrogens with zero attached hydrogens (tertiary/aromatic N) is 6. The van der Waals surface area contributed by atoms with Crippen molar-refractivity contribution >= 4 is 11.9 Å². The van der Waals surface area contributed by atoms with Crippen molar-refractivity contribution in [3.05, 3.63) is 66.5 Å². The second-order valence-electron chi connectivity index (χ2n) is 6.96. The number of rotatable bonds is 6. The minimum absolute atomic E-state index is 0.0378. The first kappa shape index (κ1) is 18.1. The van der Waals surface area contributed by atoms with Crippen LogP contribution in [0, 0.1) is 5.92 Å². The van der Waals surface area contributed by atoms with Crippen LogP contribution in [0.15, 0.2) is 55.4 Å². The molecule has 0 aliphatic carbocycles. The predicted molar refractivity (Wildman–Crippen MR) is 104 cm³/mol. The molecule has 4 rings (SSSR count). The molecule has 2 aromatic heterocycles. The van der Waals surface area contributed by atoms with Gasteiger partial charge in [0.25, 0.3) is 0 Å². The fourth-order valence-corrected chi connectivity index (χ4v) is 3.42. The molecule has 1 fully saturated rings. The molecule has 28 heavy (non-hydrogen) atoms. The zero-order valence-corrected chi connectivity index (χ0v) is 15.6. The Morgan fingerprint density at radius 3 is 2.68 bits per heavy atom. The lowest BCUT2D eigenvalue weighted by molar-refractivity contribution is -0.125. The van der Waals surface area contributed by atoms with Crippen LogP contribution in [-0.2, 0) is 17.9 Å². The van der Waals surface area contributed by atoms with Crippen LogP contribution >= 0.6 is 0 Å². The minimum atomic E-state index is -0.0378. The molecule has 1 N–H and O–H groups in total. The summed E-state index contributed by atoms with van der Waals surface area (Å²) >= 11 is 0. The van der Waals surface area contributed by atoms with Gasteiger partial charge in [-0.1, -0.05) is 24.3 Å². The average Bonchev–Trinajstić information content (AvgIpc) is 3.27. The van der Waals surface area contributed by atoms with Gasteiger partial charge in [-0.05, 0) is 30.0 Å². The van der Waals surface area contributed by atoms with E-state index < -0.39 is 0 Å². The fraction of sp³-hybridized carbons (Fsp3) is 0.350. The van der Waals surface area contributed by atoms with Gasteiger partial charge in [0.05, 0.1) is 12.5 Å². The largest absolute Gasteiger partial charge is 0.352 e. The minimum Gasteiger partial charge on any atom is -0.352 e. The molecule has 0 radical (unpaired) electrons. The molecular weight excluding hydrogens is 354 g/mol. The van der Waals surface area contributed by atoms with Crippen LogP contribution in [0.3, 0.4) is 0 Å². The number of nitrogens with one attached hydrogen (secondary N) is 1. The first-order valence-corrected chi connectivity index (χ1v) is 9.48. The number of carbonyl (C=O) groups is 1. The lowest BCUT2D eigenvalue weighted by Crippen LogP contribution is -2.43. The zero-order chi connectivity index (χ0) is 19.2. The van der Waals surface area contributed by atoms with Gasteiger partial charge in [0.2, 0.25) is 11.9 Å². The normalized spacial score (nSPS) is 16.7. The summed E-state index contributed by atoms with van der Waals surface area (Å²) in [6.07, 6.45) is 8.55. The highest BCUT2D eigenvalue weighted by molar-refractivity contribution is 5.79. The van der Waals surface area contributed by atoms with Crippen LogP contribution < -0.4 is 10.2 Å². The number of aromatic nitrogens is 5. The maximum absolute atomic E-state index is 12.6. The number of piperidine rings is 1. The number of hydrogen-bond donors (Lipinski definition) is 1. The fourth-order valence-electron chi connectivity index (χ4n) is 3.42. The van der Waals surface area contributed by atoms with E-state index in [4.69, 9.17) is 0 Å². The van der Waals surface area contributed by atoms with Crippen LogP contribution in [0.4, 0.5) is 5.95 Å². The summed E-state index contributed by atoms with van der Waals surface area (Å²) in [5.41, 5.74) is 2.22. The third-order valence-electron chi connectivity index (χ3n) is 4.93. The van der Waals surface area contributed by atoms with Crippen LogP contribution in [0.1, 0.15) is 24.0 Å². The van der Waals surface area contributed by atoms with Crippen molar-refractivity contribution < 1.29 is 4.79 Å². The van der Waals surface area contributed by atoms with E-state index in [0.717, 1.165) is 30.5 Å². The molecule has 1 aromatic carbocycles. The van der Waals surface area contributed by atoms with E-state index in [1.165, 1.54) is 6.33 Å². The Morgan fingerprint density at radius 1 is 1.14 bits per heavy atom. The summed E-state index contributed by atoms with van der Waals surface area (Å²) in [5, 5.41) is 7.18. The molecule has 144 valence electrons. The molecule has 1 amide bonds. The predicted octanol–water partition coefficient (Wildman–Crippen LogP) is 1.65. The molecule has 1 saturated heterocycles. The van der Waals surface area contributed by atoms with Crippen LogP contribution in [0.2, 0.25) is 0 Å². The van der Waals surface area contributed by atoms with Crippen molar-refractivity contribution in [2.75, 3.05) is 18.0 Å². The molecule has 1 aliphatic rings. The van der Waals surface area contributed by atoms with Gasteiger partial charge in [-0.15, -0.1) is 0 Å².